The summed E-state index contributed by atoms with van der Waals surface area (Å²) in [7, 11) is -2.44. The van der Waals surface area contributed by atoms with Gasteiger partial charge in [0, 0.05) is 24.4 Å². The van der Waals surface area contributed by atoms with Gasteiger partial charge in [0.25, 0.3) is 10.0 Å². The van der Waals surface area contributed by atoms with E-state index >= 15 is 0 Å². The van der Waals surface area contributed by atoms with E-state index in [0.29, 0.717) is 22.8 Å². The fourth-order valence-corrected chi connectivity index (χ4v) is 4.79. The van der Waals surface area contributed by atoms with Crippen molar-refractivity contribution in [2.75, 3.05) is 22.5 Å². The highest BCUT2D eigenvalue weighted by Crippen LogP contribution is 2.28. The molecule has 0 aliphatic rings. The van der Waals surface area contributed by atoms with Crippen LogP contribution in [0, 0.1) is 5.82 Å². The molecule has 3 aromatic rings. The molecule has 0 unspecified atom stereocenters. The lowest BCUT2D eigenvalue weighted by Crippen LogP contribution is -2.14. The number of aryl methyl sites for hydroxylation is 1. The molecule has 0 bridgehead atoms. The molecule has 0 fully saturated rings. The molecule has 2 aromatic carbocycles. The predicted octanol–water partition coefficient (Wildman–Crippen LogP) is 3.62. The summed E-state index contributed by atoms with van der Waals surface area (Å²) in [4.78, 5) is 27.8. The minimum absolute atomic E-state index is 0.0847. The van der Waals surface area contributed by atoms with Crippen molar-refractivity contribution in [1.29, 1.82) is 0 Å². The third kappa shape index (κ3) is 6.73. The van der Waals surface area contributed by atoms with Gasteiger partial charge in [-0.2, -0.15) is 0 Å². The Kier molecular flexibility index (Phi) is 7.61. The zero-order valence-electron chi connectivity index (χ0n) is 17.7. The van der Waals surface area contributed by atoms with Crippen molar-refractivity contribution in [2.24, 2.45) is 0 Å². The van der Waals surface area contributed by atoms with Crippen molar-refractivity contribution >= 4 is 49.7 Å². The van der Waals surface area contributed by atoms with Crippen LogP contribution < -0.4 is 20.1 Å². The number of sulfonamides is 1. The molecule has 12 heteroatoms. The van der Waals surface area contributed by atoms with Crippen LogP contribution in [-0.2, 0) is 26.0 Å². The predicted molar refractivity (Wildman–Crippen MR) is 124 cm³/mol. The summed E-state index contributed by atoms with van der Waals surface area (Å²) in [6.07, 6.45) is 0.357. The standard InChI is InChI=1S/C21H21FN4O5S2/c1-13(27)23-15-5-9-19(31-2)18(11-15)25-20(28)10-6-16-12-32-21(24-16)26-33(29,30)17-7-3-14(22)4-8-17/h3-5,7-9,11-12H,6,10H2,1-2H3,(H,23,27)(H,24,26)(H,25,28). The number of amides is 2. The van der Waals surface area contributed by atoms with Crippen LogP contribution in [-0.4, -0.2) is 32.3 Å². The Bertz CT molecular complexity index is 1260. The molecule has 0 saturated carbocycles. The zero-order valence-corrected chi connectivity index (χ0v) is 19.3. The van der Waals surface area contributed by atoms with Crippen LogP contribution in [0.2, 0.25) is 0 Å². The summed E-state index contributed by atoms with van der Waals surface area (Å²) in [5.74, 6) is -0.659. The molecular formula is C21H21FN4O5S2. The third-order valence-corrected chi connectivity index (χ3v) is 6.59. The number of thiazole rings is 1. The van der Waals surface area contributed by atoms with Crippen LogP contribution in [0.3, 0.4) is 0 Å². The van der Waals surface area contributed by atoms with E-state index in [1.54, 1.807) is 23.6 Å². The maximum absolute atomic E-state index is 13.0. The first-order valence-electron chi connectivity index (χ1n) is 9.64. The molecule has 0 atom stereocenters. The number of ether oxygens (including phenoxy) is 1. The van der Waals surface area contributed by atoms with Crippen LogP contribution >= 0.6 is 11.3 Å². The summed E-state index contributed by atoms with van der Waals surface area (Å²) >= 11 is 1.08. The minimum Gasteiger partial charge on any atom is -0.495 e. The summed E-state index contributed by atoms with van der Waals surface area (Å²) in [6, 6.07) is 9.30. The molecule has 3 rings (SSSR count). The van der Waals surface area contributed by atoms with E-state index in [1.807, 2.05) is 0 Å². The first kappa shape index (κ1) is 24.1. The Morgan fingerprint density at radius 3 is 2.52 bits per heavy atom. The number of carbonyl (C=O) groups is 2. The van der Waals surface area contributed by atoms with Crippen molar-refractivity contribution in [2.45, 2.75) is 24.7 Å². The van der Waals surface area contributed by atoms with Crippen molar-refractivity contribution in [1.82, 2.24) is 4.98 Å². The Hall–Kier alpha value is -3.51. The quantitative estimate of drug-likeness (QED) is 0.419. The van der Waals surface area contributed by atoms with Gasteiger partial charge in [-0.25, -0.2) is 17.8 Å². The average molecular weight is 493 g/mol. The minimum atomic E-state index is -3.90. The highest BCUT2D eigenvalue weighted by atomic mass is 32.2. The Morgan fingerprint density at radius 2 is 1.85 bits per heavy atom. The number of nitrogens with one attached hydrogen (secondary N) is 3. The molecule has 0 aliphatic heterocycles. The van der Waals surface area contributed by atoms with Gasteiger partial charge in [0.1, 0.15) is 11.6 Å². The number of rotatable bonds is 9. The normalized spacial score (nSPS) is 11.0. The Labute approximate surface area is 194 Å². The molecule has 33 heavy (non-hydrogen) atoms. The van der Waals surface area contributed by atoms with Gasteiger partial charge < -0.3 is 15.4 Å². The first-order valence-corrected chi connectivity index (χ1v) is 12.0. The molecule has 9 nitrogen and oxygen atoms in total. The summed E-state index contributed by atoms with van der Waals surface area (Å²) in [6.45, 7) is 1.38. The number of hydrogen-bond donors (Lipinski definition) is 3. The van der Waals surface area contributed by atoms with E-state index in [9.17, 15) is 22.4 Å². The monoisotopic (exact) mass is 492 g/mol. The van der Waals surface area contributed by atoms with E-state index in [4.69, 9.17) is 4.74 Å². The van der Waals surface area contributed by atoms with Gasteiger partial charge in [-0.05, 0) is 48.9 Å². The van der Waals surface area contributed by atoms with E-state index in [1.165, 1.54) is 14.0 Å². The molecule has 0 saturated heterocycles. The average Bonchev–Trinajstić information content (AvgIpc) is 3.19. The SMILES string of the molecule is COc1ccc(NC(C)=O)cc1NC(=O)CCc1csc(NS(=O)(=O)c2ccc(F)cc2)n1. The molecule has 2 amide bonds. The number of halogens is 1. The lowest BCUT2D eigenvalue weighted by Gasteiger charge is -2.12. The highest BCUT2D eigenvalue weighted by Gasteiger charge is 2.17. The lowest BCUT2D eigenvalue weighted by atomic mass is 10.2. The number of methoxy groups -OCH3 is 1. The molecule has 0 spiro atoms. The van der Waals surface area contributed by atoms with Gasteiger partial charge in [0.2, 0.25) is 11.8 Å². The van der Waals surface area contributed by atoms with Crippen LogP contribution in [0.25, 0.3) is 0 Å². The van der Waals surface area contributed by atoms with Crippen molar-refractivity contribution in [3.05, 3.63) is 59.4 Å². The highest BCUT2D eigenvalue weighted by molar-refractivity contribution is 7.93. The number of anilines is 3. The van der Waals surface area contributed by atoms with Gasteiger partial charge in [-0.3, -0.25) is 14.3 Å². The van der Waals surface area contributed by atoms with Crippen LogP contribution in [0.15, 0.2) is 52.7 Å². The topological polar surface area (TPSA) is 126 Å². The number of nitrogens with zero attached hydrogens (tertiary/aromatic N) is 1. The van der Waals surface area contributed by atoms with Crippen LogP contribution in [0.1, 0.15) is 19.0 Å². The number of aromatic nitrogens is 1. The second kappa shape index (κ2) is 10.4. The molecule has 0 aliphatic carbocycles. The molecule has 3 N–H and O–H groups in total. The van der Waals surface area contributed by atoms with Crippen molar-refractivity contribution < 1.29 is 27.1 Å². The number of hydrogen-bond acceptors (Lipinski definition) is 7. The summed E-state index contributed by atoms with van der Waals surface area (Å²) < 4.78 is 45.4. The van der Waals surface area contributed by atoms with Crippen molar-refractivity contribution in [3.63, 3.8) is 0 Å². The van der Waals surface area contributed by atoms with Gasteiger partial charge in [0.05, 0.1) is 23.4 Å². The third-order valence-electron chi connectivity index (χ3n) is 4.30. The van der Waals surface area contributed by atoms with Gasteiger partial charge in [0.15, 0.2) is 5.13 Å². The molecular weight excluding hydrogens is 471 g/mol. The molecule has 1 heterocycles. The summed E-state index contributed by atoms with van der Waals surface area (Å²) in [5.41, 5.74) is 1.45. The van der Waals surface area contributed by atoms with E-state index in [0.717, 1.165) is 35.6 Å². The summed E-state index contributed by atoms with van der Waals surface area (Å²) in [5, 5.41) is 7.15. The maximum atomic E-state index is 13.0. The second-order valence-corrected chi connectivity index (χ2v) is 9.39. The van der Waals surface area contributed by atoms with E-state index < -0.39 is 15.8 Å². The van der Waals surface area contributed by atoms with Gasteiger partial charge >= 0.3 is 0 Å². The number of benzene rings is 2. The lowest BCUT2D eigenvalue weighted by molar-refractivity contribution is -0.116. The fourth-order valence-electron chi connectivity index (χ4n) is 2.80. The van der Waals surface area contributed by atoms with Gasteiger partial charge in [-0.1, -0.05) is 0 Å². The molecule has 0 radical (unpaired) electrons. The largest absolute Gasteiger partial charge is 0.495 e. The zero-order chi connectivity index (χ0) is 24.0. The second-order valence-electron chi connectivity index (χ2n) is 6.85. The van der Waals surface area contributed by atoms with Crippen LogP contribution in [0.5, 0.6) is 5.75 Å². The molecule has 174 valence electrons. The van der Waals surface area contributed by atoms with Crippen molar-refractivity contribution in [3.8, 4) is 5.75 Å². The van der Waals surface area contributed by atoms with Crippen LogP contribution in [0.4, 0.5) is 20.9 Å². The fraction of sp³-hybridized carbons (Fsp3) is 0.190. The Morgan fingerprint density at radius 1 is 1.12 bits per heavy atom. The van der Waals surface area contributed by atoms with E-state index in [-0.39, 0.29) is 34.7 Å². The maximum Gasteiger partial charge on any atom is 0.263 e. The molecule has 1 aromatic heterocycles. The Balaban J connectivity index is 1.59. The van der Waals surface area contributed by atoms with Gasteiger partial charge in [-0.15, -0.1) is 11.3 Å². The smallest absolute Gasteiger partial charge is 0.263 e. The first-order chi connectivity index (χ1) is 15.7. The number of carbonyl (C=O) groups excluding carboxylic acids is 2. The van der Waals surface area contributed by atoms with E-state index in [2.05, 4.69) is 20.3 Å².